The summed E-state index contributed by atoms with van der Waals surface area (Å²) in [5.41, 5.74) is 5.45. The summed E-state index contributed by atoms with van der Waals surface area (Å²) in [5.74, 6) is 1.70. The summed E-state index contributed by atoms with van der Waals surface area (Å²) in [5, 5.41) is 3.99. The van der Waals surface area contributed by atoms with Crippen molar-refractivity contribution in [3.8, 4) is 0 Å². The molecule has 1 aromatic heterocycles. The van der Waals surface area contributed by atoms with E-state index in [-0.39, 0.29) is 6.10 Å². The van der Waals surface area contributed by atoms with Gasteiger partial charge in [0, 0.05) is 13.5 Å². The average Bonchev–Trinajstić information content (AvgIpc) is 2.78. The van der Waals surface area contributed by atoms with Crippen LogP contribution in [0.1, 0.15) is 57.3 Å². The molecule has 0 aliphatic rings. The van der Waals surface area contributed by atoms with Crippen LogP contribution in [-0.2, 0) is 11.2 Å². The topological polar surface area (TPSA) is 74.2 Å². The van der Waals surface area contributed by atoms with Crippen molar-refractivity contribution >= 4 is 0 Å². The minimum Gasteiger partial charge on any atom is -0.373 e. The van der Waals surface area contributed by atoms with Gasteiger partial charge in [-0.1, -0.05) is 31.8 Å². The fourth-order valence-corrected chi connectivity index (χ4v) is 1.93. The van der Waals surface area contributed by atoms with Crippen molar-refractivity contribution in [3.05, 3.63) is 11.7 Å². The van der Waals surface area contributed by atoms with Crippen molar-refractivity contribution in [3.63, 3.8) is 0 Å². The fraction of sp³-hybridized carbons (Fsp3) is 0.846. The van der Waals surface area contributed by atoms with Crippen molar-refractivity contribution in [2.75, 3.05) is 13.7 Å². The second-order valence-electron chi connectivity index (χ2n) is 4.90. The van der Waals surface area contributed by atoms with E-state index in [1.54, 1.807) is 7.11 Å². The van der Waals surface area contributed by atoms with Gasteiger partial charge in [0.1, 0.15) is 6.10 Å². The van der Waals surface area contributed by atoms with E-state index in [1.807, 2.05) is 0 Å². The van der Waals surface area contributed by atoms with Gasteiger partial charge in [0.2, 0.25) is 11.7 Å². The summed E-state index contributed by atoms with van der Waals surface area (Å²) in [6.45, 7) is 4.93. The number of ether oxygens (including phenoxy) is 1. The van der Waals surface area contributed by atoms with E-state index in [1.165, 1.54) is 6.42 Å². The zero-order valence-corrected chi connectivity index (χ0v) is 11.7. The first-order valence-corrected chi connectivity index (χ1v) is 6.74. The van der Waals surface area contributed by atoms with E-state index in [9.17, 15) is 0 Å². The molecule has 0 radical (unpaired) electrons. The molecule has 0 aliphatic carbocycles. The van der Waals surface area contributed by atoms with Crippen LogP contribution in [0.25, 0.3) is 0 Å². The molecule has 0 aliphatic heterocycles. The molecular formula is C13H25N3O2. The van der Waals surface area contributed by atoms with Crippen molar-refractivity contribution < 1.29 is 9.26 Å². The molecule has 1 aromatic rings. The van der Waals surface area contributed by atoms with Crippen LogP contribution in [0.5, 0.6) is 0 Å². The maximum atomic E-state index is 5.45. The van der Waals surface area contributed by atoms with Gasteiger partial charge in [-0.25, -0.2) is 0 Å². The molecule has 1 atom stereocenters. The van der Waals surface area contributed by atoms with Gasteiger partial charge >= 0.3 is 0 Å². The predicted molar refractivity (Wildman–Crippen MR) is 70.1 cm³/mol. The number of methoxy groups -OCH3 is 1. The maximum absolute atomic E-state index is 5.45. The summed E-state index contributed by atoms with van der Waals surface area (Å²) in [6.07, 6.45) is 5.25. The average molecular weight is 255 g/mol. The molecule has 0 bridgehead atoms. The Hall–Kier alpha value is -0.940. The lowest BCUT2D eigenvalue weighted by atomic mass is 10.1. The van der Waals surface area contributed by atoms with Crippen molar-refractivity contribution in [1.29, 1.82) is 0 Å². The lowest BCUT2D eigenvalue weighted by molar-refractivity contribution is 0.0555. The number of hydrogen-bond acceptors (Lipinski definition) is 5. The molecule has 0 fully saturated rings. The molecule has 0 spiro atoms. The molecule has 18 heavy (non-hydrogen) atoms. The predicted octanol–water partition coefficient (Wildman–Crippen LogP) is 2.47. The van der Waals surface area contributed by atoms with E-state index >= 15 is 0 Å². The molecule has 104 valence electrons. The zero-order valence-electron chi connectivity index (χ0n) is 11.7. The van der Waals surface area contributed by atoms with Gasteiger partial charge in [-0.3, -0.25) is 0 Å². The number of hydrogen-bond donors (Lipinski definition) is 1. The van der Waals surface area contributed by atoms with Crippen LogP contribution in [0, 0.1) is 5.92 Å². The smallest absolute Gasteiger partial charge is 0.226 e. The Bertz CT molecular complexity index is 326. The Labute approximate surface area is 109 Å². The van der Waals surface area contributed by atoms with Crippen LogP contribution < -0.4 is 5.73 Å². The highest BCUT2D eigenvalue weighted by Crippen LogP contribution is 2.22. The van der Waals surface area contributed by atoms with Gasteiger partial charge in [-0.05, 0) is 25.3 Å². The van der Waals surface area contributed by atoms with E-state index in [0.29, 0.717) is 17.6 Å². The highest BCUT2D eigenvalue weighted by atomic mass is 16.5. The zero-order chi connectivity index (χ0) is 13.4. The normalized spacial score (nSPS) is 13.2. The Balaban J connectivity index is 2.38. The Kier molecular flexibility index (Phi) is 6.90. The summed E-state index contributed by atoms with van der Waals surface area (Å²) in [6, 6.07) is 0. The first-order chi connectivity index (χ1) is 8.69. The van der Waals surface area contributed by atoms with Gasteiger partial charge in [0.15, 0.2) is 0 Å². The molecule has 0 aromatic carbocycles. The van der Waals surface area contributed by atoms with E-state index in [0.717, 1.165) is 32.2 Å². The van der Waals surface area contributed by atoms with Crippen LogP contribution in [0.2, 0.25) is 0 Å². The molecule has 5 nitrogen and oxygen atoms in total. The fourth-order valence-electron chi connectivity index (χ4n) is 1.93. The monoisotopic (exact) mass is 255 g/mol. The van der Waals surface area contributed by atoms with Crippen molar-refractivity contribution in [2.24, 2.45) is 11.7 Å². The van der Waals surface area contributed by atoms with Crippen LogP contribution >= 0.6 is 0 Å². The van der Waals surface area contributed by atoms with Crippen LogP contribution in [0.3, 0.4) is 0 Å². The first kappa shape index (κ1) is 15.1. The van der Waals surface area contributed by atoms with E-state index in [4.69, 9.17) is 15.0 Å². The van der Waals surface area contributed by atoms with Crippen LogP contribution in [-0.4, -0.2) is 23.8 Å². The largest absolute Gasteiger partial charge is 0.373 e. The quantitative estimate of drug-likeness (QED) is 0.686. The number of nitrogens with zero attached hydrogens (tertiary/aromatic N) is 2. The minimum atomic E-state index is -0.0836. The lowest BCUT2D eigenvalue weighted by Gasteiger charge is -2.14. The third-order valence-corrected chi connectivity index (χ3v) is 2.94. The molecule has 0 saturated heterocycles. The molecule has 1 unspecified atom stereocenters. The highest BCUT2D eigenvalue weighted by molar-refractivity contribution is 4.92. The summed E-state index contributed by atoms with van der Waals surface area (Å²) in [7, 11) is 1.67. The van der Waals surface area contributed by atoms with Gasteiger partial charge < -0.3 is 15.0 Å². The third kappa shape index (κ3) is 4.74. The number of aromatic nitrogens is 2. The number of aryl methyl sites for hydroxylation is 1. The molecule has 0 saturated carbocycles. The Morgan fingerprint density at radius 2 is 1.94 bits per heavy atom. The summed E-state index contributed by atoms with van der Waals surface area (Å²) in [4.78, 5) is 4.39. The standard InChI is InChI=1S/C13H25N3O2/c1-10(2)12(17-3)13-15-11(18-16-13)8-6-4-5-7-9-14/h10,12H,4-9,14H2,1-3H3. The summed E-state index contributed by atoms with van der Waals surface area (Å²) >= 11 is 0. The molecule has 1 rings (SSSR count). The third-order valence-electron chi connectivity index (χ3n) is 2.94. The van der Waals surface area contributed by atoms with Gasteiger partial charge in [-0.2, -0.15) is 4.98 Å². The first-order valence-electron chi connectivity index (χ1n) is 6.74. The highest BCUT2D eigenvalue weighted by Gasteiger charge is 2.20. The second-order valence-corrected chi connectivity index (χ2v) is 4.90. The van der Waals surface area contributed by atoms with E-state index < -0.39 is 0 Å². The minimum absolute atomic E-state index is 0.0836. The lowest BCUT2D eigenvalue weighted by Crippen LogP contribution is -2.10. The Morgan fingerprint density at radius 1 is 1.22 bits per heavy atom. The molecule has 2 N–H and O–H groups in total. The number of nitrogens with two attached hydrogens (primary N) is 1. The number of unbranched alkanes of at least 4 members (excludes halogenated alkanes) is 3. The van der Waals surface area contributed by atoms with Crippen molar-refractivity contribution in [1.82, 2.24) is 10.1 Å². The molecule has 5 heteroatoms. The summed E-state index contributed by atoms with van der Waals surface area (Å²) < 4.78 is 10.6. The Morgan fingerprint density at radius 3 is 2.56 bits per heavy atom. The van der Waals surface area contributed by atoms with E-state index in [2.05, 4.69) is 24.0 Å². The molecular weight excluding hydrogens is 230 g/mol. The SMILES string of the molecule is COC(c1noc(CCCCCCN)n1)C(C)C. The number of rotatable bonds is 9. The van der Waals surface area contributed by atoms with Gasteiger partial charge in [-0.15, -0.1) is 0 Å². The van der Waals surface area contributed by atoms with Crippen LogP contribution in [0.4, 0.5) is 0 Å². The van der Waals surface area contributed by atoms with Gasteiger partial charge in [0.05, 0.1) is 0 Å². The molecule has 0 amide bonds. The molecule has 1 heterocycles. The van der Waals surface area contributed by atoms with Gasteiger partial charge in [0.25, 0.3) is 0 Å². The van der Waals surface area contributed by atoms with Crippen molar-refractivity contribution in [2.45, 2.75) is 52.1 Å². The van der Waals surface area contributed by atoms with Crippen LogP contribution in [0.15, 0.2) is 4.52 Å². The second kappa shape index (κ2) is 8.21. The maximum Gasteiger partial charge on any atom is 0.226 e.